The molecular formula is C34H37NO2. The van der Waals surface area contributed by atoms with Gasteiger partial charge in [0, 0.05) is 17.9 Å². The quantitative estimate of drug-likeness (QED) is 0.141. The minimum absolute atomic E-state index is 0.0855. The summed E-state index contributed by atoms with van der Waals surface area (Å²) in [7, 11) is 0. The summed E-state index contributed by atoms with van der Waals surface area (Å²) in [4.78, 5) is 13.3. The van der Waals surface area contributed by atoms with Gasteiger partial charge in [-0.1, -0.05) is 87.0 Å². The third kappa shape index (κ3) is 5.19. The number of hydrogen-bond acceptors (Lipinski definition) is 3. The Kier molecular flexibility index (Phi) is 8.01. The molecule has 190 valence electrons. The zero-order chi connectivity index (χ0) is 25.6. The number of ether oxygens (including phenoxy) is 1. The summed E-state index contributed by atoms with van der Waals surface area (Å²) >= 11 is 0. The molecule has 0 fully saturated rings. The van der Waals surface area contributed by atoms with Crippen LogP contribution in [0.25, 0.3) is 21.9 Å². The highest BCUT2D eigenvalue weighted by Gasteiger charge is 2.32. The fourth-order valence-corrected chi connectivity index (χ4v) is 5.59. The Morgan fingerprint density at radius 1 is 0.811 bits per heavy atom. The molecule has 0 spiro atoms. The molecule has 1 aliphatic carbocycles. The predicted molar refractivity (Wildman–Crippen MR) is 154 cm³/mol. The van der Waals surface area contributed by atoms with Crippen molar-refractivity contribution in [3.63, 3.8) is 0 Å². The maximum Gasteiger partial charge on any atom is 0.163 e. The number of unbranched alkanes of at least 4 members (excludes halogenated alkanes) is 1. The van der Waals surface area contributed by atoms with E-state index >= 15 is 0 Å². The number of rotatable bonds is 12. The van der Waals surface area contributed by atoms with Gasteiger partial charge in [0.2, 0.25) is 0 Å². The van der Waals surface area contributed by atoms with Gasteiger partial charge in [-0.05, 0) is 83.1 Å². The van der Waals surface area contributed by atoms with E-state index in [4.69, 9.17) is 4.74 Å². The summed E-state index contributed by atoms with van der Waals surface area (Å²) < 4.78 is 6.02. The molecule has 37 heavy (non-hydrogen) atoms. The van der Waals surface area contributed by atoms with Crippen LogP contribution in [-0.2, 0) is 0 Å². The van der Waals surface area contributed by atoms with E-state index in [2.05, 4.69) is 85.9 Å². The molecule has 0 aliphatic heterocycles. The molecule has 4 aromatic rings. The van der Waals surface area contributed by atoms with Crippen molar-refractivity contribution >= 4 is 16.6 Å². The molecule has 0 saturated carbocycles. The molecular weight excluding hydrogens is 454 g/mol. The lowest BCUT2D eigenvalue weighted by Gasteiger charge is -2.19. The van der Waals surface area contributed by atoms with E-state index in [9.17, 15) is 4.79 Å². The van der Waals surface area contributed by atoms with Crippen LogP contribution in [0, 0.1) is 0 Å². The summed E-state index contributed by atoms with van der Waals surface area (Å²) in [6, 6.07) is 27.9. The van der Waals surface area contributed by atoms with Crippen LogP contribution in [0.5, 0.6) is 5.75 Å². The fraction of sp³-hybridized carbons (Fsp3) is 0.324. The van der Waals surface area contributed by atoms with Crippen LogP contribution in [0.15, 0.2) is 78.9 Å². The average Bonchev–Trinajstić information content (AvgIpc) is 3.28. The number of carbonyl (C=O) groups is 1. The maximum atomic E-state index is 13.3. The van der Waals surface area contributed by atoms with Crippen LogP contribution in [0.1, 0.15) is 78.9 Å². The van der Waals surface area contributed by atoms with Gasteiger partial charge >= 0.3 is 0 Å². The van der Waals surface area contributed by atoms with Gasteiger partial charge in [-0.3, -0.25) is 4.79 Å². The van der Waals surface area contributed by atoms with Crippen LogP contribution >= 0.6 is 0 Å². The zero-order valence-electron chi connectivity index (χ0n) is 22.1. The van der Waals surface area contributed by atoms with Gasteiger partial charge in [0.25, 0.3) is 0 Å². The van der Waals surface area contributed by atoms with E-state index in [1.807, 2.05) is 12.1 Å². The lowest BCUT2D eigenvalue weighted by molar-refractivity contribution is 0.0981. The first-order valence-electron chi connectivity index (χ1n) is 13.8. The highest BCUT2D eigenvalue weighted by molar-refractivity contribution is 6.12. The van der Waals surface area contributed by atoms with Gasteiger partial charge in [-0.15, -0.1) is 0 Å². The first kappa shape index (κ1) is 25.2. The fourth-order valence-electron chi connectivity index (χ4n) is 5.59. The number of Topliss-reactive ketones (excluding diaryl/α,β-unsaturated/α-hetero) is 1. The van der Waals surface area contributed by atoms with Gasteiger partial charge in [-0.2, -0.15) is 0 Å². The van der Waals surface area contributed by atoms with Gasteiger partial charge in [0.1, 0.15) is 5.75 Å². The van der Waals surface area contributed by atoms with Crippen molar-refractivity contribution in [3.05, 3.63) is 101 Å². The first-order valence-corrected chi connectivity index (χ1v) is 13.8. The van der Waals surface area contributed by atoms with E-state index in [0.29, 0.717) is 13.0 Å². The number of benzene rings is 4. The van der Waals surface area contributed by atoms with E-state index in [0.717, 1.165) is 60.9 Å². The first-order chi connectivity index (χ1) is 18.2. The van der Waals surface area contributed by atoms with Crippen molar-refractivity contribution in [3.8, 4) is 16.9 Å². The standard InChI is InChI=1S/C34H37NO2/c1-3-5-14-31(36)30-13-8-10-24-17-20-29-27-11-6-7-12-28(27)32(34(29)33(24)30)25-15-18-26(19-16-25)37-23-9-22-35-21-4-2/h6-8,10-13,15-20,32,35H,3-5,9,14,21-23H2,1-2H3. The molecule has 0 radical (unpaired) electrons. The zero-order valence-corrected chi connectivity index (χ0v) is 22.1. The Bertz CT molecular complexity index is 1370. The van der Waals surface area contributed by atoms with Crippen molar-refractivity contribution in [1.29, 1.82) is 0 Å². The summed E-state index contributed by atoms with van der Waals surface area (Å²) in [5.74, 6) is 1.23. The predicted octanol–water partition coefficient (Wildman–Crippen LogP) is 8.14. The van der Waals surface area contributed by atoms with E-state index < -0.39 is 0 Å². The van der Waals surface area contributed by atoms with E-state index in [1.165, 1.54) is 27.8 Å². The SMILES string of the molecule is CCCCC(=O)c1cccc2ccc3c(c12)C(c1ccc(OCCCNCCC)cc1)c1ccccc1-3. The summed E-state index contributed by atoms with van der Waals surface area (Å²) in [6.45, 7) is 7.06. The molecule has 3 heteroatoms. The topological polar surface area (TPSA) is 38.3 Å². The number of nitrogens with one attached hydrogen (secondary N) is 1. The minimum Gasteiger partial charge on any atom is -0.494 e. The molecule has 0 aromatic heterocycles. The molecule has 4 aromatic carbocycles. The van der Waals surface area contributed by atoms with Crippen LogP contribution in [0.2, 0.25) is 0 Å². The number of carbonyl (C=O) groups excluding carboxylic acids is 1. The highest BCUT2D eigenvalue weighted by Crippen LogP contribution is 2.51. The van der Waals surface area contributed by atoms with Crippen LogP contribution in [-0.4, -0.2) is 25.5 Å². The van der Waals surface area contributed by atoms with E-state index in [1.54, 1.807) is 0 Å². The Morgan fingerprint density at radius 3 is 2.46 bits per heavy atom. The lowest BCUT2D eigenvalue weighted by atomic mass is 9.84. The minimum atomic E-state index is 0.0855. The van der Waals surface area contributed by atoms with Crippen molar-refractivity contribution in [1.82, 2.24) is 5.32 Å². The molecule has 1 atom stereocenters. The smallest absolute Gasteiger partial charge is 0.163 e. The molecule has 1 N–H and O–H groups in total. The molecule has 0 heterocycles. The van der Waals surface area contributed by atoms with Crippen LogP contribution < -0.4 is 10.1 Å². The molecule has 3 nitrogen and oxygen atoms in total. The van der Waals surface area contributed by atoms with Crippen molar-refractivity contribution in [2.45, 2.75) is 51.9 Å². The second-order valence-corrected chi connectivity index (χ2v) is 10.00. The van der Waals surface area contributed by atoms with Crippen molar-refractivity contribution in [2.75, 3.05) is 19.7 Å². The average molecular weight is 492 g/mol. The monoisotopic (exact) mass is 491 g/mol. The third-order valence-electron chi connectivity index (χ3n) is 7.40. The second-order valence-electron chi connectivity index (χ2n) is 10.00. The molecule has 0 amide bonds. The Hall–Kier alpha value is -3.43. The Morgan fingerprint density at radius 2 is 1.65 bits per heavy atom. The largest absolute Gasteiger partial charge is 0.494 e. The summed E-state index contributed by atoms with van der Waals surface area (Å²) in [6.07, 6.45) is 4.68. The number of hydrogen-bond donors (Lipinski definition) is 1. The Balaban J connectivity index is 1.51. The van der Waals surface area contributed by atoms with Gasteiger partial charge < -0.3 is 10.1 Å². The van der Waals surface area contributed by atoms with Crippen LogP contribution in [0.3, 0.4) is 0 Å². The van der Waals surface area contributed by atoms with E-state index in [-0.39, 0.29) is 11.7 Å². The normalized spacial score (nSPS) is 13.9. The third-order valence-corrected chi connectivity index (χ3v) is 7.40. The summed E-state index contributed by atoms with van der Waals surface area (Å²) in [5.41, 5.74) is 7.15. The second kappa shape index (κ2) is 11.7. The Labute approximate surface area is 220 Å². The van der Waals surface area contributed by atoms with Crippen LogP contribution in [0.4, 0.5) is 0 Å². The van der Waals surface area contributed by atoms with Gasteiger partial charge in [-0.25, -0.2) is 0 Å². The van der Waals surface area contributed by atoms with Gasteiger partial charge in [0.05, 0.1) is 6.61 Å². The van der Waals surface area contributed by atoms with Gasteiger partial charge in [0.15, 0.2) is 5.78 Å². The van der Waals surface area contributed by atoms with Crippen molar-refractivity contribution < 1.29 is 9.53 Å². The number of fused-ring (bicyclic) bond motifs is 5. The maximum absolute atomic E-state index is 13.3. The number of ketones is 1. The molecule has 5 rings (SSSR count). The summed E-state index contributed by atoms with van der Waals surface area (Å²) in [5, 5.41) is 5.67. The highest BCUT2D eigenvalue weighted by atomic mass is 16.5. The molecule has 1 unspecified atom stereocenters. The molecule has 1 aliphatic rings. The molecule has 0 bridgehead atoms. The van der Waals surface area contributed by atoms with Crippen molar-refractivity contribution in [2.24, 2.45) is 0 Å². The molecule has 0 saturated heterocycles. The lowest BCUT2D eigenvalue weighted by Crippen LogP contribution is -2.18.